The summed E-state index contributed by atoms with van der Waals surface area (Å²) in [6.07, 6.45) is 0.452. The quantitative estimate of drug-likeness (QED) is 0.563. The van der Waals surface area contributed by atoms with Crippen LogP contribution in [0.15, 0.2) is 58.1 Å². The maximum Gasteiger partial charge on any atom is 0.330 e. The highest BCUT2D eigenvalue weighted by Gasteiger charge is 2.25. The number of aromatic amines is 1. The van der Waals surface area contributed by atoms with Gasteiger partial charge in [0, 0.05) is 16.6 Å². The van der Waals surface area contributed by atoms with E-state index in [2.05, 4.69) is 4.98 Å². The summed E-state index contributed by atoms with van der Waals surface area (Å²) in [7, 11) is 0. The van der Waals surface area contributed by atoms with E-state index in [0.717, 1.165) is 5.56 Å². The van der Waals surface area contributed by atoms with Crippen molar-refractivity contribution in [2.75, 3.05) is 17.2 Å². The Bertz CT molecular complexity index is 1190. The van der Waals surface area contributed by atoms with Crippen molar-refractivity contribution in [3.8, 4) is 0 Å². The van der Waals surface area contributed by atoms with Gasteiger partial charge in [-0.3, -0.25) is 19.1 Å². The minimum absolute atomic E-state index is 0.0643. The molecule has 3 N–H and O–H groups in total. The normalized spacial score (nSPS) is 10.8. The average molecular weight is 461 g/mol. The molecule has 3 rings (SSSR count). The number of halogens is 2. The molecule has 0 atom stereocenters. The van der Waals surface area contributed by atoms with Crippen LogP contribution >= 0.6 is 23.2 Å². The molecule has 0 aliphatic heterocycles. The van der Waals surface area contributed by atoms with Gasteiger partial charge >= 0.3 is 5.69 Å². The molecule has 2 aromatic carbocycles. The fraction of sp³-hybridized carbons (Fsp3) is 0.227. The number of H-pyrrole nitrogens is 1. The lowest BCUT2D eigenvalue weighted by molar-refractivity contribution is -0.118. The molecule has 0 saturated heterocycles. The van der Waals surface area contributed by atoms with E-state index in [1.807, 2.05) is 37.3 Å². The van der Waals surface area contributed by atoms with Crippen molar-refractivity contribution in [3.63, 3.8) is 0 Å². The van der Waals surface area contributed by atoms with E-state index in [4.69, 9.17) is 28.9 Å². The van der Waals surface area contributed by atoms with Gasteiger partial charge in [-0.1, -0.05) is 66.5 Å². The molecule has 0 fully saturated rings. The molecule has 0 aliphatic rings. The van der Waals surface area contributed by atoms with Gasteiger partial charge in [0.25, 0.3) is 5.56 Å². The molecule has 1 amide bonds. The minimum atomic E-state index is -0.723. The Kier molecular flexibility index (Phi) is 7.20. The first kappa shape index (κ1) is 22.7. The lowest BCUT2D eigenvalue weighted by atomic mass is 10.1. The molecule has 0 unspecified atom stereocenters. The van der Waals surface area contributed by atoms with Crippen molar-refractivity contribution in [3.05, 3.63) is 90.5 Å². The lowest BCUT2D eigenvalue weighted by Gasteiger charge is -2.24. The number of nitrogens with one attached hydrogen (secondary N) is 1. The summed E-state index contributed by atoms with van der Waals surface area (Å²) < 4.78 is 1.24. The SMILES string of the molecule is CCCN(C(=O)Cc1c(Cl)cccc1Cl)c1c(N)n(Cc2ccccc2)c(=O)[nH]c1=O. The summed E-state index contributed by atoms with van der Waals surface area (Å²) in [4.78, 5) is 41.9. The Balaban J connectivity index is 2.04. The molecule has 1 aromatic heterocycles. The molecule has 0 radical (unpaired) electrons. The minimum Gasteiger partial charge on any atom is -0.383 e. The molecule has 7 nitrogen and oxygen atoms in total. The maximum absolute atomic E-state index is 13.2. The number of anilines is 2. The van der Waals surface area contributed by atoms with Gasteiger partial charge in [-0.2, -0.15) is 0 Å². The smallest absolute Gasteiger partial charge is 0.330 e. The molecular formula is C22H22Cl2N4O3. The lowest BCUT2D eigenvalue weighted by Crippen LogP contribution is -2.42. The van der Waals surface area contributed by atoms with E-state index in [1.165, 1.54) is 9.47 Å². The number of aromatic nitrogens is 2. The molecule has 162 valence electrons. The number of hydrogen-bond donors (Lipinski definition) is 2. The van der Waals surface area contributed by atoms with Crippen LogP contribution in [-0.2, 0) is 17.8 Å². The summed E-state index contributed by atoms with van der Waals surface area (Å²) in [5.74, 6) is -0.483. The summed E-state index contributed by atoms with van der Waals surface area (Å²) >= 11 is 12.4. The van der Waals surface area contributed by atoms with Crippen LogP contribution in [0.5, 0.6) is 0 Å². The van der Waals surface area contributed by atoms with E-state index in [0.29, 0.717) is 22.0 Å². The monoisotopic (exact) mass is 460 g/mol. The van der Waals surface area contributed by atoms with Crippen molar-refractivity contribution >= 4 is 40.6 Å². The van der Waals surface area contributed by atoms with E-state index < -0.39 is 17.2 Å². The Morgan fingerprint density at radius 1 is 1.06 bits per heavy atom. The number of rotatable bonds is 7. The first-order valence-electron chi connectivity index (χ1n) is 9.73. The number of benzene rings is 2. The highest BCUT2D eigenvalue weighted by Crippen LogP contribution is 2.26. The van der Waals surface area contributed by atoms with Gasteiger partial charge in [0.2, 0.25) is 5.91 Å². The third-order valence-corrected chi connectivity index (χ3v) is 5.51. The Hall–Kier alpha value is -3.03. The second-order valence-electron chi connectivity index (χ2n) is 6.99. The van der Waals surface area contributed by atoms with Crippen molar-refractivity contribution in [2.45, 2.75) is 26.3 Å². The summed E-state index contributed by atoms with van der Waals surface area (Å²) in [6.45, 7) is 2.25. The fourth-order valence-corrected chi connectivity index (χ4v) is 3.82. The average Bonchev–Trinajstić information content (AvgIpc) is 2.73. The predicted molar refractivity (Wildman–Crippen MR) is 124 cm³/mol. The highest BCUT2D eigenvalue weighted by molar-refractivity contribution is 6.36. The van der Waals surface area contributed by atoms with E-state index >= 15 is 0 Å². The van der Waals surface area contributed by atoms with Crippen molar-refractivity contribution in [1.82, 2.24) is 9.55 Å². The van der Waals surface area contributed by atoms with Gasteiger partial charge in [-0.05, 0) is 29.7 Å². The second-order valence-corrected chi connectivity index (χ2v) is 7.80. The van der Waals surface area contributed by atoms with Crippen LogP contribution in [-0.4, -0.2) is 22.0 Å². The van der Waals surface area contributed by atoms with Crippen LogP contribution < -0.4 is 21.9 Å². The molecule has 0 aliphatic carbocycles. The number of carbonyl (C=O) groups is 1. The highest BCUT2D eigenvalue weighted by atomic mass is 35.5. The second kappa shape index (κ2) is 9.85. The number of carbonyl (C=O) groups excluding carboxylic acids is 1. The molecule has 0 saturated carbocycles. The molecule has 31 heavy (non-hydrogen) atoms. The number of amides is 1. The Labute approximate surface area is 189 Å². The van der Waals surface area contributed by atoms with Gasteiger partial charge in [-0.25, -0.2) is 4.79 Å². The van der Waals surface area contributed by atoms with Crippen LogP contribution in [0.4, 0.5) is 11.5 Å². The number of nitrogen functional groups attached to an aromatic ring is 1. The van der Waals surface area contributed by atoms with Crippen LogP contribution in [0.2, 0.25) is 10.0 Å². The van der Waals surface area contributed by atoms with Crippen LogP contribution in [0.1, 0.15) is 24.5 Å². The molecular weight excluding hydrogens is 439 g/mol. The number of nitrogens with zero attached hydrogens (tertiary/aromatic N) is 2. The largest absolute Gasteiger partial charge is 0.383 e. The van der Waals surface area contributed by atoms with Gasteiger partial charge < -0.3 is 10.6 Å². The molecule has 0 bridgehead atoms. The summed E-state index contributed by atoms with van der Waals surface area (Å²) in [5.41, 5.74) is 6.11. The van der Waals surface area contributed by atoms with Crippen LogP contribution in [0.25, 0.3) is 0 Å². The zero-order chi connectivity index (χ0) is 22.5. The van der Waals surface area contributed by atoms with E-state index in [9.17, 15) is 14.4 Å². The third kappa shape index (κ3) is 5.00. The standard InChI is InChI=1S/C22H22Cl2N4O3/c1-2-11-27(18(29)12-15-16(23)9-6-10-17(15)24)19-20(25)28(22(31)26-21(19)30)13-14-7-4-3-5-8-14/h3-10H,2,11-13,25H2,1H3,(H,26,30,31). The van der Waals surface area contributed by atoms with Crippen molar-refractivity contribution in [1.29, 1.82) is 0 Å². The van der Waals surface area contributed by atoms with E-state index in [1.54, 1.807) is 18.2 Å². The zero-order valence-corrected chi connectivity index (χ0v) is 18.4. The molecule has 3 aromatic rings. The zero-order valence-electron chi connectivity index (χ0n) is 16.9. The van der Waals surface area contributed by atoms with Crippen molar-refractivity contribution < 1.29 is 4.79 Å². The maximum atomic E-state index is 13.2. The number of hydrogen-bond acceptors (Lipinski definition) is 4. The van der Waals surface area contributed by atoms with E-state index in [-0.39, 0.29) is 31.0 Å². The third-order valence-electron chi connectivity index (χ3n) is 4.81. The first-order chi connectivity index (χ1) is 14.8. The van der Waals surface area contributed by atoms with Crippen molar-refractivity contribution in [2.24, 2.45) is 0 Å². The Morgan fingerprint density at radius 2 is 1.71 bits per heavy atom. The Morgan fingerprint density at radius 3 is 2.32 bits per heavy atom. The summed E-state index contributed by atoms with van der Waals surface area (Å²) in [6, 6.07) is 14.2. The molecule has 0 spiro atoms. The van der Waals surface area contributed by atoms with Gasteiger partial charge in [-0.15, -0.1) is 0 Å². The first-order valence-corrected chi connectivity index (χ1v) is 10.5. The van der Waals surface area contributed by atoms with Crippen LogP contribution in [0.3, 0.4) is 0 Å². The summed E-state index contributed by atoms with van der Waals surface area (Å²) in [5, 5.41) is 0.710. The van der Waals surface area contributed by atoms with Gasteiger partial charge in [0.1, 0.15) is 5.82 Å². The number of nitrogens with two attached hydrogens (primary N) is 1. The van der Waals surface area contributed by atoms with Crippen LogP contribution in [0, 0.1) is 0 Å². The molecule has 9 heteroatoms. The predicted octanol–water partition coefficient (Wildman–Crippen LogP) is 3.46. The topological polar surface area (TPSA) is 101 Å². The van der Waals surface area contributed by atoms with Gasteiger partial charge in [0.05, 0.1) is 13.0 Å². The molecule has 1 heterocycles. The fourth-order valence-electron chi connectivity index (χ4n) is 3.29. The van der Waals surface area contributed by atoms with Gasteiger partial charge in [0.15, 0.2) is 5.69 Å².